The molecular weight excluding hydrogens is 176 g/mol. The second-order valence-electron chi connectivity index (χ2n) is 2.11. The van der Waals surface area contributed by atoms with Crippen LogP contribution >= 0.6 is 22.9 Å². The molecule has 2 heteroatoms. The fourth-order valence-corrected chi connectivity index (χ4v) is 1.38. The maximum Gasteiger partial charge on any atom is 0.0352 e. The van der Waals surface area contributed by atoms with Gasteiger partial charge in [0, 0.05) is 23.2 Å². The Bertz CT molecular complexity index is 240. The van der Waals surface area contributed by atoms with E-state index in [1.807, 2.05) is 16.8 Å². The lowest BCUT2D eigenvalue weighted by molar-refractivity contribution is 0.991. The lowest BCUT2D eigenvalue weighted by Crippen LogP contribution is -1.71. The minimum Gasteiger partial charge on any atom is -0.151 e. The maximum atomic E-state index is 5.50. The Balaban J connectivity index is 2.33. The molecule has 0 nitrogen and oxygen atoms in total. The summed E-state index contributed by atoms with van der Waals surface area (Å²) in [6, 6.07) is 2.03. The van der Waals surface area contributed by atoms with E-state index < -0.39 is 0 Å². The average Bonchev–Trinajstić information content (AvgIpc) is 2.50. The fraction of sp³-hybridized carbons (Fsp3) is 0.333. The third-order valence-electron chi connectivity index (χ3n) is 1.19. The zero-order valence-electron chi connectivity index (χ0n) is 6.14. The standard InChI is InChI=1S/C9H9ClS/c10-6-3-1-2-4-9-5-7-11-8-9/h5,7-8H,1,3,6H2. The monoisotopic (exact) mass is 184 g/mol. The largest absolute Gasteiger partial charge is 0.151 e. The third-order valence-corrected chi connectivity index (χ3v) is 2.14. The van der Waals surface area contributed by atoms with E-state index in [4.69, 9.17) is 11.6 Å². The molecule has 1 heterocycles. The highest BCUT2D eigenvalue weighted by atomic mass is 35.5. The molecule has 0 saturated heterocycles. The van der Waals surface area contributed by atoms with Crippen molar-refractivity contribution in [2.24, 2.45) is 0 Å². The Morgan fingerprint density at radius 3 is 3.09 bits per heavy atom. The Kier molecular flexibility index (Phi) is 4.11. The van der Waals surface area contributed by atoms with Gasteiger partial charge in [-0.1, -0.05) is 11.8 Å². The lowest BCUT2D eigenvalue weighted by Gasteiger charge is -1.81. The van der Waals surface area contributed by atoms with E-state index in [2.05, 4.69) is 11.8 Å². The summed E-state index contributed by atoms with van der Waals surface area (Å²) in [6.07, 6.45) is 1.89. The zero-order valence-corrected chi connectivity index (χ0v) is 7.71. The number of hydrogen-bond acceptors (Lipinski definition) is 1. The average molecular weight is 185 g/mol. The number of halogens is 1. The summed E-state index contributed by atoms with van der Waals surface area (Å²) in [5.74, 6) is 6.83. The molecular formula is C9H9ClS. The van der Waals surface area contributed by atoms with Gasteiger partial charge in [0.25, 0.3) is 0 Å². The first kappa shape index (κ1) is 8.64. The Hall–Kier alpha value is -0.450. The number of hydrogen-bond donors (Lipinski definition) is 0. The van der Waals surface area contributed by atoms with Crippen LogP contribution in [0.25, 0.3) is 0 Å². The van der Waals surface area contributed by atoms with Crippen LogP contribution in [0, 0.1) is 11.8 Å². The number of alkyl halides is 1. The zero-order chi connectivity index (χ0) is 7.94. The first-order chi connectivity index (χ1) is 5.43. The minimum atomic E-state index is 0.707. The number of thiophene rings is 1. The molecule has 0 spiro atoms. The molecule has 11 heavy (non-hydrogen) atoms. The first-order valence-corrected chi connectivity index (χ1v) is 4.98. The lowest BCUT2D eigenvalue weighted by atomic mass is 10.3. The smallest absolute Gasteiger partial charge is 0.0352 e. The van der Waals surface area contributed by atoms with Gasteiger partial charge in [0.1, 0.15) is 0 Å². The van der Waals surface area contributed by atoms with Crippen LogP contribution in [0.5, 0.6) is 0 Å². The molecule has 0 aliphatic heterocycles. The Labute approximate surface area is 76.2 Å². The molecule has 0 bridgehead atoms. The van der Waals surface area contributed by atoms with Crippen molar-refractivity contribution >= 4 is 22.9 Å². The van der Waals surface area contributed by atoms with Gasteiger partial charge in [-0.05, 0) is 17.9 Å². The van der Waals surface area contributed by atoms with Gasteiger partial charge >= 0.3 is 0 Å². The molecule has 0 unspecified atom stereocenters. The molecule has 0 saturated carbocycles. The molecule has 0 amide bonds. The highest BCUT2D eigenvalue weighted by Crippen LogP contribution is 2.03. The van der Waals surface area contributed by atoms with E-state index in [1.165, 1.54) is 0 Å². The van der Waals surface area contributed by atoms with Crippen LogP contribution in [0.1, 0.15) is 18.4 Å². The summed E-state index contributed by atoms with van der Waals surface area (Å²) in [6.45, 7) is 0. The fourth-order valence-electron chi connectivity index (χ4n) is 0.655. The van der Waals surface area contributed by atoms with Gasteiger partial charge in [-0.25, -0.2) is 0 Å². The van der Waals surface area contributed by atoms with Crippen molar-refractivity contribution in [3.8, 4) is 11.8 Å². The van der Waals surface area contributed by atoms with E-state index in [1.54, 1.807) is 11.3 Å². The van der Waals surface area contributed by atoms with Crippen molar-refractivity contribution in [3.63, 3.8) is 0 Å². The van der Waals surface area contributed by atoms with Crippen LogP contribution < -0.4 is 0 Å². The highest BCUT2D eigenvalue weighted by Gasteiger charge is 1.83. The number of rotatable bonds is 2. The second kappa shape index (κ2) is 5.23. The van der Waals surface area contributed by atoms with Crippen LogP contribution in [-0.4, -0.2) is 5.88 Å². The van der Waals surface area contributed by atoms with Gasteiger partial charge in [0.15, 0.2) is 0 Å². The molecule has 1 aromatic heterocycles. The quantitative estimate of drug-likeness (QED) is 0.377. The Morgan fingerprint density at radius 2 is 2.45 bits per heavy atom. The molecule has 1 rings (SSSR count). The molecule has 0 fully saturated rings. The molecule has 0 aliphatic carbocycles. The Morgan fingerprint density at radius 1 is 1.55 bits per heavy atom. The van der Waals surface area contributed by atoms with Gasteiger partial charge in [-0.2, -0.15) is 11.3 Å². The molecule has 0 N–H and O–H groups in total. The van der Waals surface area contributed by atoms with Crippen molar-refractivity contribution in [3.05, 3.63) is 22.4 Å². The van der Waals surface area contributed by atoms with E-state index in [0.717, 1.165) is 18.4 Å². The van der Waals surface area contributed by atoms with Crippen LogP contribution in [-0.2, 0) is 0 Å². The van der Waals surface area contributed by atoms with Crippen LogP contribution in [0.4, 0.5) is 0 Å². The summed E-state index contributed by atoms with van der Waals surface area (Å²) < 4.78 is 0. The first-order valence-electron chi connectivity index (χ1n) is 3.50. The highest BCUT2D eigenvalue weighted by molar-refractivity contribution is 7.08. The summed E-state index contributed by atoms with van der Waals surface area (Å²) in [5.41, 5.74) is 1.12. The van der Waals surface area contributed by atoms with Crippen molar-refractivity contribution < 1.29 is 0 Å². The van der Waals surface area contributed by atoms with Crippen molar-refractivity contribution in [2.45, 2.75) is 12.8 Å². The third kappa shape index (κ3) is 3.46. The molecule has 0 atom stereocenters. The van der Waals surface area contributed by atoms with Gasteiger partial charge in [0.05, 0.1) is 0 Å². The summed E-state index contributed by atoms with van der Waals surface area (Å²) in [4.78, 5) is 0. The summed E-state index contributed by atoms with van der Waals surface area (Å²) in [7, 11) is 0. The van der Waals surface area contributed by atoms with Gasteiger partial charge < -0.3 is 0 Å². The predicted molar refractivity (Wildman–Crippen MR) is 51.2 cm³/mol. The van der Waals surface area contributed by atoms with E-state index in [0.29, 0.717) is 5.88 Å². The van der Waals surface area contributed by atoms with Crippen molar-refractivity contribution in [1.29, 1.82) is 0 Å². The van der Waals surface area contributed by atoms with E-state index >= 15 is 0 Å². The van der Waals surface area contributed by atoms with Gasteiger partial charge in [-0.3, -0.25) is 0 Å². The normalized spacial score (nSPS) is 8.82. The van der Waals surface area contributed by atoms with E-state index in [9.17, 15) is 0 Å². The summed E-state index contributed by atoms with van der Waals surface area (Å²) in [5, 5.41) is 4.08. The van der Waals surface area contributed by atoms with Crippen molar-refractivity contribution in [2.75, 3.05) is 5.88 Å². The second-order valence-corrected chi connectivity index (χ2v) is 3.26. The topological polar surface area (TPSA) is 0 Å². The predicted octanol–water partition coefficient (Wildman–Crippen LogP) is 3.12. The molecule has 0 radical (unpaired) electrons. The van der Waals surface area contributed by atoms with Gasteiger partial charge in [-0.15, -0.1) is 11.6 Å². The van der Waals surface area contributed by atoms with Crippen LogP contribution in [0.3, 0.4) is 0 Å². The van der Waals surface area contributed by atoms with Crippen LogP contribution in [0.2, 0.25) is 0 Å². The molecule has 58 valence electrons. The van der Waals surface area contributed by atoms with Crippen molar-refractivity contribution in [1.82, 2.24) is 0 Å². The minimum absolute atomic E-state index is 0.707. The molecule has 1 aromatic rings. The van der Waals surface area contributed by atoms with E-state index in [-0.39, 0.29) is 0 Å². The SMILES string of the molecule is ClCCCC#Cc1ccsc1. The number of unbranched alkanes of at least 4 members (excludes halogenated alkanes) is 1. The molecule has 0 aliphatic rings. The van der Waals surface area contributed by atoms with Gasteiger partial charge in [0.2, 0.25) is 0 Å². The summed E-state index contributed by atoms with van der Waals surface area (Å²) >= 11 is 7.17. The van der Waals surface area contributed by atoms with Crippen LogP contribution in [0.15, 0.2) is 16.8 Å². The molecule has 0 aromatic carbocycles. The maximum absolute atomic E-state index is 5.50.